The van der Waals surface area contributed by atoms with Crippen LogP contribution in [0.3, 0.4) is 0 Å². The smallest absolute Gasteiger partial charge is 0.234 e. The Morgan fingerprint density at radius 1 is 1.47 bits per heavy atom. The first-order valence-corrected chi connectivity index (χ1v) is 6.66. The zero-order valence-corrected chi connectivity index (χ0v) is 10.9. The van der Waals surface area contributed by atoms with Gasteiger partial charge in [0, 0.05) is 18.5 Å². The molecule has 1 aromatic rings. The van der Waals surface area contributed by atoms with Gasteiger partial charge in [-0.25, -0.2) is 0 Å². The van der Waals surface area contributed by atoms with Gasteiger partial charge in [0.15, 0.2) is 5.82 Å². The molecule has 1 atom stereocenters. The Bertz CT molecular complexity index is 361. The number of piperidine rings is 1. The molecule has 1 unspecified atom stereocenters. The second kappa shape index (κ2) is 6.05. The van der Waals surface area contributed by atoms with Crippen LogP contribution in [0.5, 0.6) is 5.88 Å². The van der Waals surface area contributed by atoms with Gasteiger partial charge in [-0.1, -0.05) is 0 Å². The zero-order chi connectivity index (χ0) is 12.1. The lowest BCUT2D eigenvalue weighted by atomic mass is 10.0. The van der Waals surface area contributed by atoms with Gasteiger partial charge in [0.05, 0.1) is 19.0 Å². The van der Waals surface area contributed by atoms with Gasteiger partial charge in [-0.2, -0.15) is 4.98 Å². The molecule has 1 fully saturated rings. The number of hydrogen-bond acceptors (Lipinski definition) is 4. The van der Waals surface area contributed by atoms with E-state index in [1.165, 1.54) is 12.8 Å². The number of aromatic nitrogens is 2. The Balaban J connectivity index is 2.16. The summed E-state index contributed by atoms with van der Waals surface area (Å²) in [6.07, 6.45) is 6.99. The molecule has 0 aliphatic carbocycles. The van der Waals surface area contributed by atoms with Crippen LogP contribution in [0.2, 0.25) is 0 Å². The topological polar surface area (TPSA) is 38.2 Å². The predicted octanol–water partition coefficient (Wildman–Crippen LogP) is 2.47. The lowest BCUT2D eigenvalue weighted by Gasteiger charge is -2.35. The van der Waals surface area contributed by atoms with Crippen LogP contribution in [0.25, 0.3) is 0 Å². The van der Waals surface area contributed by atoms with Crippen molar-refractivity contribution in [2.45, 2.75) is 32.2 Å². The quantitative estimate of drug-likeness (QED) is 0.775. The van der Waals surface area contributed by atoms with Crippen molar-refractivity contribution in [1.29, 1.82) is 0 Å². The number of rotatable bonds is 4. The third-order valence-electron chi connectivity index (χ3n) is 2.99. The molecular formula is C12H18ClN3O. The van der Waals surface area contributed by atoms with Crippen LogP contribution in [0.15, 0.2) is 12.4 Å². The highest BCUT2D eigenvalue weighted by atomic mass is 35.5. The van der Waals surface area contributed by atoms with Gasteiger partial charge in [0.25, 0.3) is 0 Å². The minimum absolute atomic E-state index is 0.372. The van der Waals surface area contributed by atoms with E-state index in [1.54, 1.807) is 12.4 Å². The molecule has 0 amide bonds. The summed E-state index contributed by atoms with van der Waals surface area (Å²) < 4.78 is 5.37. The molecule has 0 saturated carbocycles. The lowest BCUT2D eigenvalue weighted by Crippen LogP contribution is -2.41. The van der Waals surface area contributed by atoms with Crippen molar-refractivity contribution in [1.82, 2.24) is 9.97 Å². The van der Waals surface area contributed by atoms with Gasteiger partial charge in [-0.05, 0) is 26.2 Å². The SMILES string of the molecule is CCOc1cncc(N2CCCCC2CCl)n1. The van der Waals surface area contributed by atoms with Crippen LogP contribution in [0, 0.1) is 0 Å². The van der Waals surface area contributed by atoms with Crippen molar-refractivity contribution in [2.24, 2.45) is 0 Å². The van der Waals surface area contributed by atoms with E-state index in [1.807, 2.05) is 6.92 Å². The third kappa shape index (κ3) is 3.00. The van der Waals surface area contributed by atoms with Crippen molar-refractivity contribution < 1.29 is 4.74 Å². The molecule has 94 valence electrons. The van der Waals surface area contributed by atoms with Crippen LogP contribution in [0.4, 0.5) is 5.82 Å². The first kappa shape index (κ1) is 12.4. The summed E-state index contributed by atoms with van der Waals surface area (Å²) in [6.45, 7) is 3.55. The van der Waals surface area contributed by atoms with E-state index < -0.39 is 0 Å². The average Bonchev–Trinajstić information content (AvgIpc) is 2.39. The largest absolute Gasteiger partial charge is 0.477 e. The number of anilines is 1. The second-order valence-electron chi connectivity index (χ2n) is 4.15. The number of hydrogen-bond donors (Lipinski definition) is 0. The first-order valence-electron chi connectivity index (χ1n) is 6.12. The highest BCUT2D eigenvalue weighted by Gasteiger charge is 2.23. The predicted molar refractivity (Wildman–Crippen MR) is 68.9 cm³/mol. The molecule has 4 nitrogen and oxygen atoms in total. The molecule has 1 aliphatic heterocycles. The Morgan fingerprint density at radius 2 is 2.35 bits per heavy atom. The molecule has 2 rings (SSSR count). The van der Waals surface area contributed by atoms with E-state index in [0.29, 0.717) is 24.4 Å². The van der Waals surface area contributed by atoms with Crippen molar-refractivity contribution in [3.05, 3.63) is 12.4 Å². The number of ether oxygens (including phenoxy) is 1. The van der Waals surface area contributed by atoms with Crippen molar-refractivity contribution in [3.8, 4) is 5.88 Å². The summed E-state index contributed by atoms with van der Waals surface area (Å²) in [5, 5.41) is 0. The molecule has 1 aromatic heterocycles. The lowest BCUT2D eigenvalue weighted by molar-refractivity contribution is 0.324. The summed E-state index contributed by atoms with van der Waals surface area (Å²) in [6, 6.07) is 0.372. The first-order chi connectivity index (χ1) is 8.35. The van der Waals surface area contributed by atoms with Crippen LogP contribution in [-0.4, -0.2) is 35.0 Å². The number of alkyl halides is 1. The fourth-order valence-corrected chi connectivity index (χ4v) is 2.48. The maximum absolute atomic E-state index is 6.00. The Labute approximate surface area is 107 Å². The maximum atomic E-state index is 6.00. The molecule has 2 heterocycles. The summed E-state index contributed by atoms with van der Waals surface area (Å²) >= 11 is 6.00. The molecule has 5 heteroatoms. The second-order valence-corrected chi connectivity index (χ2v) is 4.45. The Morgan fingerprint density at radius 3 is 3.12 bits per heavy atom. The summed E-state index contributed by atoms with van der Waals surface area (Å²) in [5.41, 5.74) is 0. The van der Waals surface area contributed by atoms with E-state index >= 15 is 0 Å². The van der Waals surface area contributed by atoms with E-state index in [-0.39, 0.29) is 0 Å². The molecule has 0 bridgehead atoms. The Kier molecular flexibility index (Phi) is 4.42. The molecule has 0 aromatic carbocycles. The van der Waals surface area contributed by atoms with Gasteiger partial charge < -0.3 is 9.64 Å². The molecule has 0 spiro atoms. The van der Waals surface area contributed by atoms with Crippen molar-refractivity contribution in [3.63, 3.8) is 0 Å². The standard InChI is InChI=1S/C12H18ClN3O/c1-2-17-12-9-14-8-11(15-12)16-6-4-3-5-10(16)7-13/h8-10H,2-7H2,1H3. The van der Waals surface area contributed by atoms with E-state index in [4.69, 9.17) is 16.3 Å². The van der Waals surface area contributed by atoms with Gasteiger partial charge >= 0.3 is 0 Å². The molecular weight excluding hydrogens is 238 g/mol. The van der Waals surface area contributed by atoms with Crippen LogP contribution < -0.4 is 9.64 Å². The van der Waals surface area contributed by atoms with E-state index in [2.05, 4.69) is 14.9 Å². The normalized spacial score (nSPS) is 20.4. The van der Waals surface area contributed by atoms with Gasteiger partial charge in [-0.15, -0.1) is 11.6 Å². The van der Waals surface area contributed by atoms with Crippen LogP contribution in [-0.2, 0) is 0 Å². The monoisotopic (exact) mass is 255 g/mol. The zero-order valence-electron chi connectivity index (χ0n) is 10.1. The fourth-order valence-electron chi connectivity index (χ4n) is 2.16. The highest BCUT2D eigenvalue weighted by molar-refractivity contribution is 6.18. The summed E-state index contributed by atoms with van der Waals surface area (Å²) in [5.74, 6) is 2.10. The maximum Gasteiger partial charge on any atom is 0.234 e. The van der Waals surface area contributed by atoms with E-state index in [0.717, 1.165) is 18.8 Å². The number of halogens is 1. The minimum atomic E-state index is 0.372. The minimum Gasteiger partial charge on any atom is -0.477 e. The number of nitrogens with zero attached hydrogens (tertiary/aromatic N) is 3. The van der Waals surface area contributed by atoms with Crippen molar-refractivity contribution >= 4 is 17.4 Å². The average molecular weight is 256 g/mol. The third-order valence-corrected chi connectivity index (χ3v) is 3.35. The van der Waals surface area contributed by atoms with Crippen molar-refractivity contribution in [2.75, 3.05) is 23.9 Å². The summed E-state index contributed by atoms with van der Waals surface area (Å²) in [4.78, 5) is 10.9. The highest BCUT2D eigenvalue weighted by Crippen LogP contribution is 2.24. The van der Waals surface area contributed by atoms with Crippen LogP contribution in [0.1, 0.15) is 26.2 Å². The van der Waals surface area contributed by atoms with E-state index in [9.17, 15) is 0 Å². The van der Waals surface area contributed by atoms with Gasteiger partial charge in [-0.3, -0.25) is 4.98 Å². The summed E-state index contributed by atoms with van der Waals surface area (Å²) in [7, 11) is 0. The fraction of sp³-hybridized carbons (Fsp3) is 0.667. The molecule has 1 saturated heterocycles. The van der Waals surface area contributed by atoms with Crippen LogP contribution >= 0.6 is 11.6 Å². The van der Waals surface area contributed by atoms with Gasteiger partial charge in [0.2, 0.25) is 5.88 Å². The Hall–Kier alpha value is -1.03. The van der Waals surface area contributed by atoms with Gasteiger partial charge in [0.1, 0.15) is 0 Å². The molecule has 0 radical (unpaired) electrons. The molecule has 1 aliphatic rings. The molecule has 0 N–H and O–H groups in total. The molecule has 17 heavy (non-hydrogen) atoms.